The molecule has 0 radical (unpaired) electrons. The highest BCUT2D eigenvalue weighted by atomic mass is 31.2. The van der Waals surface area contributed by atoms with Gasteiger partial charge in [-0.25, -0.2) is 4.57 Å². The number of phosphoric ester groups is 1. The number of quaternary nitrogens is 1. The summed E-state index contributed by atoms with van der Waals surface area (Å²) in [6, 6.07) is -0.756. The van der Waals surface area contributed by atoms with Gasteiger partial charge in [0.1, 0.15) is 13.2 Å². The Morgan fingerprint density at radius 2 is 0.814 bits per heavy atom. The lowest BCUT2D eigenvalue weighted by atomic mass is 10.0. The molecule has 0 saturated heterocycles. The number of aliphatic hydroxyl groups is 1. The number of unbranched alkanes of at least 4 members (excludes halogenated alkanes) is 40. The molecular weight excluding hydrogens is 888 g/mol. The molecule has 9 heteroatoms. The maximum atomic E-state index is 12.9. The molecule has 0 bridgehead atoms. The third-order valence-electron chi connectivity index (χ3n) is 14.2. The lowest BCUT2D eigenvalue weighted by Gasteiger charge is -2.26. The van der Waals surface area contributed by atoms with Crippen LogP contribution in [0, 0.1) is 0 Å². The van der Waals surface area contributed by atoms with Gasteiger partial charge in [-0.2, -0.15) is 0 Å². The van der Waals surface area contributed by atoms with E-state index in [1.165, 1.54) is 238 Å². The van der Waals surface area contributed by atoms with Gasteiger partial charge in [-0.3, -0.25) is 13.8 Å². The molecule has 0 saturated carbocycles. The Balaban J connectivity index is 3.79. The average Bonchev–Trinajstić information content (AvgIpc) is 3.32. The van der Waals surface area contributed by atoms with Gasteiger partial charge in [0.05, 0.1) is 39.9 Å². The number of carbonyl (C=O) groups is 1. The first kappa shape index (κ1) is 69.0. The van der Waals surface area contributed by atoms with E-state index in [2.05, 4.69) is 43.5 Å². The molecule has 0 aromatic heterocycles. The number of carbonyl (C=O) groups excluding carboxylic acids is 1. The van der Waals surface area contributed by atoms with Crippen LogP contribution < -0.4 is 5.32 Å². The molecule has 0 aromatic carbocycles. The van der Waals surface area contributed by atoms with E-state index in [4.69, 9.17) is 9.05 Å². The van der Waals surface area contributed by atoms with E-state index in [9.17, 15) is 19.4 Å². The maximum absolute atomic E-state index is 12.9. The largest absolute Gasteiger partial charge is 0.472 e. The number of nitrogens with one attached hydrogen (secondary N) is 1. The summed E-state index contributed by atoms with van der Waals surface area (Å²) in [5.74, 6) is -0.143. The molecular formula is C61H122N2O6P+. The van der Waals surface area contributed by atoms with Crippen LogP contribution in [0.5, 0.6) is 0 Å². The lowest BCUT2D eigenvalue weighted by molar-refractivity contribution is -0.870. The molecule has 8 nitrogen and oxygen atoms in total. The molecule has 0 aliphatic rings. The first-order chi connectivity index (χ1) is 34.0. The minimum Gasteiger partial charge on any atom is -0.391 e. The van der Waals surface area contributed by atoms with Crippen molar-refractivity contribution in [3.05, 3.63) is 24.3 Å². The van der Waals surface area contributed by atoms with Crippen molar-refractivity contribution in [3.8, 4) is 0 Å². The molecule has 3 unspecified atom stereocenters. The normalized spacial score (nSPS) is 14.0. The first-order valence-corrected chi connectivity index (χ1v) is 32.2. The number of hydrogen-bond acceptors (Lipinski definition) is 5. The van der Waals surface area contributed by atoms with E-state index >= 15 is 0 Å². The van der Waals surface area contributed by atoms with Crippen LogP contribution in [0.4, 0.5) is 0 Å². The highest BCUT2D eigenvalue weighted by Gasteiger charge is 2.28. The fourth-order valence-corrected chi connectivity index (χ4v) is 10.1. The Bertz CT molecular complexity index is 1190. The summed E-state index contributed by atoms with van der Waals surface area (Å²) in [6.45, 7) is 4.89. The van der Waals surface area contributed by atoms with Gasteiger partial charge >= 0.3 is 7.82 Å². The molecule has 3 N–H and O–H groups in total. The predicted molar refractivity (Wildman–Crippen MR) is 305 cm³/mol. The quantitative estimate of drug-likeness (QED) is 0.0243. The summed E-state index contributed by atoms with van der Waals surface area (Å²) in [5.41, 5.74) is 0. The number of hydrogen-bond donors (Lipinski definition) is 3. The highest BCUT2D eigenvalue weighted by molar-refractivity contribution is 7.47. The highest BCUT2D eigenvalue weighted by Crippen LogP contribution is 2.43. The zero-order valence-corrected chi connectivity index (χ0v) is 48.4. The molecule has 0 spiro atoms. The lowest BCUT2D eigenvalue weighted by Crippen LogP contribution is -2.46. The number of likely N-dealkylation sites (N-methyl/N-ethyl adjacent to an activating group) is 1. The fourth-order valence-electron chi connectivity index (χ4n) is 9.37. The van der Waals surface area contributed by atoms with E-state index in [-0.39, 0.29) is 19.1 Å². The van der Waals surface area contributed by atoms with Crippen molar-refractivity contribution in [3.63, 3.8) is 0 Å². The molecule has 70 heavy (non-hydrogen) atoms. The summed E-state index contributed by atoms with van der Waals surface area (Å²) in [4.78, 5) is 23.2. The minimum absolute atomic E-state index is 0.0762. The van der Waals surface area contributed by atoms with Crippen molar-refractivity contribution >= 4 is 13.7 Å². The molecule has 0 aliphatic heterocycles. The van der Waals surface area contributed by atoms with E-state index in [0.717, 1.165) is 44.9 Å². The van der Waals surface area contributed by atoms with Crippen LogP contribution in [-0.4, -0.2) is 73.4 Å². The van der Waals surface area contributed by atoms with Gasteiger partial charge in [0.15, 0.2) is 0 Å². The van der Waals surface area contributed by atoms with Crippen LogP contribution in [0.15, 0.2) is 24.3 Å². The van der Waals surface area contributed by atoms with Crippen molar-refractivity contribution in [2.75, 3.05) is 40.9 Å². The third kappa shape index (κ3) is 54.7. The molecule has 1 amide bonds. The average molecular weight is 1010 g/mol. The summed E-state index contributed by atoms with van der Waals surface area (Å²) in [7, 11) is 1.62. The van der Waals surface area contributed by atoms with Crippen LogP contribution in [0.25, 0.3) is 0 Å². The minimum atomic E-state index is -4.31. The van der Waals surface area contributed by atoms with Crippen molar-refractivity contribution in [2.45, 2.75) is 321 Å². The van der Waals surface area contributed by atoms with Crippen LogP contribution in [0.1, 0.15) is 309 Å². The van der Waals surface area contributed by atoms with Crippen LogP contribution in [0.3, 0.4) is 0 Å². The van der Waals surface area contributed by atoms with E-state index in [1.54, 1.807) is 0 Å². The van der Waals surface area contributed by atoms with Crippen LogP contribution in [0.2, 0.25) is 0 Å². The summed E-state index contributed by atoms with van der Waals surface area (Å²) < 4.78 is 23.7. The fraction of sp³-hybridized carbons (Fsp3) is 0.918. The zero-order valence-electron chi connectivity index (χ0n) is 47.5. The van der Waals surface area contributed by atoms with Crippen LogP contribution >= 0.6 is 7.82 Å². The molecule has 0 fully saturated rings. The van der Waals surface area contributed by atoms with Gasteiger partial charge in [0.25, 0.3) is 0 Å². The van der Waals surface area contributed by atoms with Gasteiger partial charge in [-0.1, -0.05) is 282 Å². The molecule has 0 rings (SSSR count). The molecule has 3 atom stereocenters. The SMILES string of the molecule is CCCCCCCCCCCCCCCCC/C=C\C/C=C\CCCCCCCCCCCCCCCCCCCC(=O)NC(COP(=O)(O)OCC[N+](C)(C)C)C(O)CCCCCCCCCCC. The zero-order chi connectivity index (χ0) is 51.3. The summed E-state index contributed by atoms with van der Waals surface area (Å²) in [6.07, 6.45) is 67.2. The number of rotatable bonds is 57. The third-order valence-corrected chi connectivity index (χ3v) is 15.2. The first-order valence-electron chi connectivity index (χ1n) is 30.7. The van der Waals surface area contributed by atoms with Gasteiger partial charge in [-0.05, 0) is 44.9 Å². The predicted octanol–water partition coefficient (Wildman–Crippen LogP) is 18.8. The second-order valence-electron chi connectivity index (χ2n) is 22.4. The molecule has 0 aliphatic carbocycles. The number of nitrogens with zero attached hydrogens (tertiary/aromatic N) is 1. The van der Waals surface area contributed by atoms with Crippen molar-refractivity contribution in [2.24, 2.45) is 0 Å². The summed E-state index contributed by atoms with van der Waals surface area (Å²) >= 11 is 0. The number of allylic oxidation sites excluding steroid dienone is 4. The van der Waals surface area contributed by atoms with Crippen LogP contribution in [-0.2, 0) is 18.4 Å². The number of phosphoric acid groups is 1. The molecule has 0 aromatic rings. The monoisotopic (exact) mass is 1010 g/mol. The number of amides is 1. The molecule has 416 valence electrons. The standard InChI is InChI=1S/C61H121N2O6P/c1-6-8-10-12-14-16-17-18-19-20-21-22-23-24-25-26-27-28-29-30-31-32-33-34-35-36-37-38-39-40-41-42-43-44-45-47-49-51-53-55-61(65)62-59(58-69-70(66,67)68-57-56-63(3,4)5)60(64)54-52-50-48-46-15-13-11-9-7-2/h27-28,30-31,59-60,64H,6-26,29,32-58H2,1-5H3,(H-,62,65,66,67)/p+1/b28-27-,31-30-. The Morgan fingerprint density at radius 1 is 0.486 bits per heavy atom. The Labute approximate surface area is 436 Å². The summed E-state index contributed by atoms with van der Waals surface area (Å²) in [5, 5.41) is 14.0. The Morgan fingerprint density at radius 3 is 1.17 bits per heavy atom. The Hall–Kier alpha value is -1.02. The van der Waals surface area contributed by atoms with Crippen molar-refractivity contribution in [1.82, 2.24) is 5.32 Å². The van der Waals surface area contributed by atoms with Crippen molar-refractivity contribution < 1.29 is 32.9 Å². The van der Waals surface area contributed by atoms with Gasteiger partial charge in [-0.15, -0.1) is 0 Å². The smallest absolute Gasteiger partial charge is 0.391 e. The van der Waals surface area contributed by atoms with E-state index in [1.807, 2.05) is 21.1 Å². The maximum Gasteiger partial charge on any atom is 0.472 e. The van der Waals surface area contributed by atoms with Gasteiger partial charge in [0.2, 0.25) is 5.91 Å². The van der Waals surface area contributed by atoms with Crippen molar-refractivity contribution in [1.29, 1.82) is 0 Å². The van der Waals surface area contributed by atoms with E-state index < -0.39 is 20.0 Å². The second-order valence-corrected chi connectivity index (χ2v) is 23.9. The van der Waals surface area contributed by atoms with E-state index in [0.29, 0.717) is 23.9 Å². The van der Waals surface area contributed by atoms with Gasteiger partial charge < -0.3 is 19.8 Å². The second kappa shape index (κ2) is 52.8. The number of aliphatic hydroxyl groups excluding tert-OH is 1. The topological polar surface area (TPSA) is 105 Å². The van der Waals surface area contributed by atoms with Gasteiger partial charge in [0, 0.05) is 6.42 Å². The molecule has 0 heterocycles. The Kier molecular flexibility index (Phi) is 52.1.